The predicted octanol–water partition coefficient (Wildman–Crippen LogP) is 2.68. The summed E-state index contributed by atoms with van der Waals surface area (Å²) in [5.74, 6) is -0.637. The highest BCUT2D eigenvalue weighted by Gasteiger charge is 2.16. The molecule has 3 heteroatoms. The molecule has 0 radical (unpaired) electrons. The van der Waals surface area contributed by atoms with Gasteiger partial charge in [0.2, 0.25) is 0 Å². The van der Waals surface area contributed by atoms with Crippen molar-refractivity contribution in [3.63, 3.8) is 0 Å². The number of nitrogens with zero attached hydrogens (tertiary/aromatic N) is 1. The van der Waals surface area contributed by atoms with Gasteiger partial charge < -0.3 is 5.11 Å². The average Bonchev–Trinajstić information content (AvgIpc) is 2.20. The molecule has 3 nitrogen and oxygen atoms in total. The van der Waals surface area contributed by atoms with Gasteiger partial charge in [0.1, 0.15) is 0 Å². The van der Waals surface area contributed by atoms with E-state index in [1.807, 2.05) is 6.07 Å². The molecule has 0 aliphatic rings. The highest BCUT2D eigenvalue weighted by Crippen LogP contribution is 2.24. The fraction of sp³-hybridized carbons (Fsp3) is 0.455. The summed E-state index contributed by atoms with van der Waals surface area (Å²) in [6.45, 7) is 4.12. The highest BCUT2D eigenvalue weighted by molar-refractivity contribution is 5.87. The second-order valence-electron chi connectivity index (χ2n) is 3.26. The molecule has 1 heterocycles. The van der Waals surface area contributed by atoms with Crippen molar-refractivity contribution in [2.45, 2.75) is 32.6 Å². The molecule has 14 heavy (non-hydrogen) atoms. The molecule has 0 atom stereocenters. The monoisotopic (exact) mass is 193 g/mol. The lowest BCUT2D eigenvalue weighted by atomic mass is 9.93. The van der Waals surface area contributed by atoms with Crippen LogP contribution in [-0.2, 0) is 0 Å². The van der Waals surface area contributed by atoms with E-state index in [-0.39, 0.29) is 5.69 Å². The number of hydrogen-bond donors (Lipinski definition) is 1. The maximum atomic E-state index is 10.9. The van der Waals surface area contributed by atoms with Gasteiger partial charge in [-0.15, -0.1) is 0 Å². The number of carboxylic acid groups (broad SMARTS) is 1. The average molecular weight is 193 g/mol. The lowest BCUT2D eigenvalue weighted by Gasteiger charge is -2.14. The van der Waals surface area contributed by atoms with Crippen molar-refractivity contribution in [3.05, 3.63) is 29.6 Å². The molecular formula is C11H15NO2. The predicted molar refractivity (Wildman–Crippen MR) is 54.5 cm³/mol. The van der Waals surface area contributed by atoms with Crippen LogP contribution in [0.3, 0.4) is 0 Å². The third kappa shape index (κ3) is 2.10. The summed E-state index contributed by atoms with van der Waals surface area (Å²) >= 11 is 0. The van der Waals surface area contributed by atoms with Crippen molar-refractivity contribution in [3.8, 4) is 0 Å². The molecule has 0 spiro atoms. The molecule has 1 aromatic heterocycles. The Hall–Kier alpha value is -1.38. The number of carbonyl (C=O) groups is 1. The smallest absolute Gasteiger partial charge is 0.354 e. The molecule has 76 valence electrons. The number of rotatable bonds is 4. The Morgan fingerprint density at radius 1 is 1.50 bits per heavy atom. The number of pyridine rings is 1. The van der Waals surface area contributed by atoms with Crippen LogP contribution in [0.15, 0.2) is 18.3 Å². The summed E-state index contributed by atoms with van der Waals surface area (Å²) in [4.78, 5) is 14.8. The van der Waals surface area contributed by atoms with E-state index in [1.165, 1.54) is 6.20 Å². The first-order valence-electron chi connectivity index (χ1n) is 4.88. The molecule has 0 fully saturated rings. The zero-order valence-electron chi connectivity index (χ0n) is 8.53. The summed E-state index contributed by atoms with van der Waals surface area (Å²) in [6, 6.07) is 3.65. The van der Waals surface area contributed by atoms with Crippen LogP contribution in [-0.4, -0.2) is 16.1 Å². The maximum Gasteiger partial charge on any atom is 0.354 e. The number of aromatic carboxylic acids is 1. The standard InChI is InChI=1S/C11H15NO2/c1-3-8(4-2)9-6-5-7-12-10(9)11(13)14/h5-8H,3-4H2,1-2H3,(H,13,14). The Morgan fingerprint density at radius 2 is 2.14 bits per heavy atom. The molecule has 1 N–H and O–H groups in total. The number of hydrogen-bond acceptors (Lipinski definition) is 2. The fourth-order valence-electron chi connectivity index (χ4n) is 1.65. The number of carboxylic acids is 1. The molecule has 0 saturated carbocycles. The first-order chi connectivity index (χ1) is 6.70. The Balaban J connectivity index is 3.11. The second kappa shape index (κ2) is 4.74. The van der Waals surface area contributed by atoms with Gasteiger partial charge in [-0.25, -0.2) is 9.78 Å². The minimum atomic E-state index is -0.937. The molecule has 0 aromatic carbocycles. The number of aromatic nitrogens is 1. The van der Waals surface area contributed by atoms with Gasteiger partial charge in [0.15, 0.2) is 5.69 Å². The van der Waals surface area contributed by atoms with E-state index in [0.717, 1.165) is 18.4 Å². The molecule has 0 amide bonds. The minimum absolute atomic E-state index is 0.196. The van der Waals surface area contributed by atoms with Crippen LogP contribution in [0.5, 0.6) is 0 Å². The van der Waals surface area contributed by atoms with Crippen molar-refractivity contribution < 1.29 is 9.90 Å². The zero-order valence-corrected chi connectivity index (χ0v) is 8.53. The van der Waals surface area contributed by atoms with Crippen LogP contribution in [0.25, 0.3) is 0 Å². The summed E-state index contributed by atoms with van der Waals surface area (Å²) in [7, 11) is 0. The molecule has 0 aliphatic carbocycles. The lowest BCUT2D eigenvalue weighted by molar-refractivity contribution is 0.0688. The van der Waals surface area contributed by atoms with Crippen molar-refractivity contribution >= 4 is 5.97 Å². The van der Waals surface area contributed by atoms with Gasteiger partial charge in [-0.2, -0.15) is 0 Å². The lowest BCUT2D eigenvalue weighted by Crippen LogP contribution is -2.08. The summed E-state index contributed by atoms with van der Waals surface area (Å²) in [5.41, 5.74) is 1.05. The van der Waals surface area contributed by atoms with Gasteiger partial charge in [0.25, 0.3) is 0 Å². The second-order valence-corrected chi connectivity index (χ2v) is 3.26. The van der Waals surface area contributed by atoms with E-state index in [1.54, 1.807) is 6.07 Å². The van der Waals surface area contributed by atoms with Gasteiger partial charge in [-0.1, -0.05) is 19.9 Å². The van der Waals surface area contributed by atoms with E-state index >= 15 is 0 Å². The first kappa shape index (κ1) is 10.7. The van der Waals surface area contributed by atoms with Gasteiger partial charge >= 0.3 is 5.97 Å². The largest absolute Gasteiger partial charge is 0.477 e. The zero-order chi connectivity index (χ0) is 10.6. The molecule has 1 rings (SSSR count). The Bertz CT molecular complexity index is 319. The van der Waals surface area contributed by atoms with E-state index in [0.29, 0.717) is 5.92 Å². The van der Waals surface area contributed by atoms with Crippen LogP contribution in [0.1, 0.15) is 48.7 Å². The van der Waals surface area contributed by atoms with Crippen molar-refractivity contribution in [2.75, 3.05) is 0 Å². The van der Waals surface area contributed by atoms with Crippen LogP contribution < -0.4 is 0 Å². The molecule has 0 unspecified atom stereocenters. The summed E-state index contributed by atoms with van der Waals surface area (Å²) in [6.07, 6.45) is 3.42. The highest BCUT2D eigenvalue weighted by atomic mass is 16.4. The van der Waals surface area contributed by atoms with Gasteiger partial charge in [-0.05, 0) is 30.4 Å². The van der Waals surface area contributed by atoms with E-state index in [4.69, 9.17) is 5.11 Å². The molecular weight excluding hydrogens is 178 g/mol. The van der Waals surface area contributed by atoms with Crippen molar-refractivity contribution in [2.24, 2.45) is 0 Å². The van der Waals surface area contributed by atoms with E-state index < -0.39 is 5.97 Å². The Labute approximate surface area is 83.8 Å². The molecule has 1 aromatic rings. The SMILES string of the molecule is CCC(CC)c1cccnc1C(=O)O. The van der Waals surface area contributed by atoms with Crippen LogP contribution in [0, 0.1) is 0 Å². The van der Waals surface area contributed by atoms with Crippen molar-refractivity contribution in [1.82, 2.24) is 4.98 Å². The minimum Gasteiger partial charge on any atom is -0.477 e. The van der Waals surface area contributed by atoms with Gasteiger partial charge in [0, 0.05) is 6.20 Å². The van der Waals surface area contributed by atoms with E-state index in [2.05, 4.69) is 18.8 Å². The Morgan fingerprint density at radius 3 is 2.64 bits per heavy atom. The summed E-state index contributed by atoms with van der Waals surface area (Å²) in [5, 5.41) is 8.94. The van der Waals surface area contributed by atoms with Gasteiger partial charge in [0.05, 0.1) is 0 Å². The fourth-order valence-corrected chi connectivity index (χ4v) is 1.65. The third-order valence-electron chi connectivity index (χ3n) is 2.47. The van der Waals surface area contributed by atoms with Crippen molar-refractivity contribution in [1.29, 1.82) is 0 Å². The third-order valence-corrected chi connectivity index (χ3v) is 2.47. The normalized spacial score (nSPS) is 10.5. The van der Waals surface area contributed by atoms with Gasteiger partial charge in [-0.3, -0.25) is 0 Å². The molecule has 0 bridgehead atoms. The van der Waals surface area contributed by atoms with Crippen LogP contribution in [0.2, 0.25) is 0 Å². The van der Waals surface area contributed by atoms with Crippen LogP contribution in [0.4, 0.5) is 0 Å². The maximum absolute atomic E-state index is 10.9. The Kier molecular flexibility index (Phi) is 3.63. The topological polar surface area (TPSA) is 50.2 Å². The quantitative estimate of drug-likeness (QED) is 0.799. The summed E-state index contributed by atoms with van der Waals surface area (Å²) < 4.78 is 0. The molecule has 0 aliphatic heterocycles. The first-order valence-corrected chi connectivity index (χ1v) is 4.88. The van der Waals surface area contributed by atoms with E-state index in [9.17, 15) is 4.79 Å². The van der Waals surface area contributed by atoms with Crippen LogP contribution >= 0.6 is 0 Å². The molecule has 0 saturated heterocycles.